The van der Waals surface area contributed by atoms with Gasteiger partial charge in [0.1, 0.15) is 11.6 Å². The summed E-state index contributed by atoms with van der Waals surface area (Å²) in [6.45, 7) is 2.23. The lowest BCUT2D eigenvalue weighted by Gasteiger charge is -2.36. The van der Waals surface area contributed by atoms with E-state index in [1.807, 2.05) is 6.07 Å². The summed E-state index contributed by atoms with van der Waals surface area (Å²) >= 11 is 0. The molecule has 2 rings (SSSR count). The summed E-state index contributed by atoms with van der Waals surface area (Å²) < 4.78 is 1.52. The average molecular weight is 232 g/mol. The molecule has 1 heterocycles. The molecule has 1 aromatic heterocycles. The van der Waals surface area contributed by atoms with Crippen LogP contribution in [0.25, 0.3) is 0 Å². The van der Waals surface area contributed by atoms with Gasteiger partial charge in [-0.3, -0.25) is 4.79 Å². The van der Waals surface area contributed by atoms with E-state index in [-0.39, 0.29) is 11.1 Å². The molecular weight excluding hydrogens is 216 g/mol. The average Bonchev–Trinajstić information content (AvgIpc) is 2.26. The Kier molecular flexibility index (Phi) is 3.03. The summed E-state index contributed by atoms with van der Waals surface area (Å²) in [7, 11) is 0. The molecule has 0 aromatic carbocycles. The molecular formula is C13H16N2O2. The van der Waals surface area contributed by atoms with Crippen molar-refractivity contribution in [2.24, 2.45) is 0 Å². The summed E-state index contributed by atoms with van der Waals surface area (Å²) in [5.41, 5.74) is 0.0663. The summed E-state index contributed by atoms with van der Waals surface area (Å²) in [5.74, 6) is 0. The zero-order valence-electron chi connectivity index (χ0n) is 9.94. The fourth-order valence-electron chi connectivity index (χ4n) is 2.14. The van der Waals surface area contributed by atoms with Crippen LogP contribution < -0.4 is 5.56 Å². The topological polar surface area (TPSA) is 66.0 Å². The molecule has 0 atom stereocenters. The van der Waals surface area contributed by atoms with Gasteiger partial charge in [-0.1, -0.05) is 0 Å². The summed E-state index contributed by atoms with van der Waals surface area (Å²) in [6, 6.07) is 3.70. The number of nitriles is 1. The maximum absolute atomic E-state index is 11.9. The highest BCUT2D eigenvalue weighted by Crippen LogP contribution is 2.34. The number of nitrogens with zero attached hydrogens (tertiary/aromatic N) is 2. The van der Waals surface area contributed by atoms with Crippen LogP contribution in [0.15, 0.2) is 17.1 Å². The van der Waals surface area contributed by atoms with E-state index < -0.39 is 5.60 Å². The monoisotopic (exact) mass is 232 g/mol. The van der Waals surface area contributed by atoms with Crippen molar-refractivity contribution in [3.63, 3.8) is 0 Å². The van der Waals surface area contributed by atoms with Crippen molar-refractivity contribution >= 4 is 0 Å². The molecule has 17 heavy (non-hydrogen) atoms. The largest absolute Gasteiger partial charge is 0.390 e. The van der Waals surface area contributed by atoms with Crippen molar-refractivity contribution in [1.29, 1.82) is 5.26 Å². The predicted molar refractivity (Wildman–Crippen MR) is 63.6 cm³/mol. The Bertz CT molecular complexity index is 521. The van der Waals surface area contributed by atoms with Crippen LogP contribution in [0.4, 0.5) is 0 Å². The molecule has 0 saturated heterocycles. The van der Waals surface area contributed by atoms with Crippen LogP contribution in [-0.4, -0.2) is 15.3 Å². The van der Waals surface area contributed by atoms with Gasteiger partial charge in [0.2, 0.25) is 0 Å². The second-order valence-corrected chi connectivity index (χ2v) is 4.81. The normalized spacial score (nSPS) is 17.2. The molecule has 90 valence electrons. The van der Waals surface area contributed by atoms with Crippen molar-refractivity contribution in [3.05, 3.63) is 33.7 Å². The van der Waals surface area contributed by atoms with E-state index in [0.29, 0.717) is 18.5 Å². The third-order valence-electron chi connectivity index (χ3n) is 3.59. The van der Waals surface area contributed by atoms with Crippen molar-refractivity contribution in [2.45, 2.75) is 44.8 Å². The molecule has 0 radical (unpaired) electrons. The third-order valence-corrected chi connectivity index (χ3v) is 3.59. The molecule has 0 spiro atoms. The van der Waals surface area contributed by atoms with Crippen LogP contribution in [0, 0.1) is 18.3 Å². The first-order valence-corrected chi connectivity index (χ1v) is 5.88. The van der Waals surface area contributed by atoms with Gasteiger partial charge in [0.15, 0.2) is 0 Å². The fourth-order valence-corrected chi connectivity index (χ4v) is 2.14. The molecule has 1 aliphatic carbocycles. The van der Waals surface area contributed by atoms with Gasteiger partial charge in [-0.25, -0.2) is 0 Å². The molecule has 4 nitrogen and oxygen atoms in total. The second-order valence-electron chi connectivity index (χ2n) is 4.81. The molecule has 1 saturated carbocycles. The Labute approximate surface area is 100 Å². The standard InChI is InChI=1S/C13H16N2O2/c1-10-3-7-15(12(16)11(10)9-14)8-6-13(17)4-2-5-13/h3,7,17H,2,4-6,8H2,1H3. The highest BCUT2D eigenvalue weighted by atomic mass is 16.3. The smallest absolute Gasteiger partial charge is 0.268 e. The van der Waals surface area contributed by atoms with Crippen LogP contribution in [-0.2, 0) is 6.54 Å². The number of aromatic nitrogens is 1. The minimum absolute atomic E-state index is 0.202. The minimum atomic E-state index is -0.586. The first-order valence-electron chi connectivity index (χ1n) is 5.88. The molecule has 1 fully saturated rings. The molecule has 1 N–H and O–H groups in total. The molecule has 0 unspecified atom stereocenters. The van der Waals surface area contributed by atoms with E-state index in [9.17, 15) is 9.90 Å². The van der Waals surface area contributed by atoms with E-state index in [2.05, 4.69) is 0 Å². The van der Waals surface area contributed by atoms with Gasteiger partial charge < -0.3 is 9.67 Å². The highest BCUT2D eigenvalue weighted by Gasteiger charge is 2.33. The number of hydrogen-bond acceptors (Lipinski definition) is 3. The van der Waals surface area contributed by atoms with Crippen LogP contribution in [0.2, 0.25) is 0 Å². The van der Waals surface area contributed by atoms with E-state index in [4.69, 9.17) is 5.26 Å². The van der Waals surface area contributed by atoms with Crippen LogP contribution in [0.3, 0.4) is 0 Å². The number of aliphatic hydroxyl groups is 1. The maximum Gasteiger partial charge on any atom is 0.268 e. The van der Waals surface area contributed by atoms with Crippen molar-refractivity contribution in [3.8, 4) is 6.07 Å². The number of pyridine rings is 1. The van der Waals surface area contributed by atoms with Gasteiger partial charge in [0.05, 0.1) is 5.60 Å². The molecule has 1 aliphatic rings. The number of hydrogen-bond donors (Lipinski definition) is 1. The predicted octanol–water partition coefficient (Wildman–Crippen LogP) is 1.33. The molecule has 0 amide bonds. The molecule has 1 aromatic rings. The minimum Gasteiger partial charge on any atom is -0.390 e. The number of aryl methyl sites for hydroxylation is 2. The van der Waals surface area contributed by atoms with Crippen LogP contribution >= 0.6 is 0 Å². The first kappa shape index (κ1) is 11.9. The third kappa shape index (κ3) is 2.25. The Morgan fingerprint density at radius 3 is 2.82 bits per heavy atom. The first-order chi connectivity index (χ1) is 8.06. The zero-order chi connectivity index (χ0) is 12.5. The fraction of sp³-hybridized carbons (Fsp3) is 0.538. The van der Waals surface area contributed by atoms with E-state index in [1.54, 1.807) is 19.2 Å². The van der Waals surface area contributed by atoms with Crippen molar-refractivity contribution in [1.82, 2.24) is 4.57 Å². The quantitative estimate of drug-likeness (QED) is 0.855. The second kappa shape index (κ2) is 4.34. The Morgan fingerprint density at radius 1 is 1.59 bits per heavy atom. The van der Waals surface area contributed by atoms with E-state index >= 15 is 0 Å². The lowest BCUT2D eigenvalue weighted by molar-refractivity contribution is -0.0434. The zero-order valence-corrected chi connectivity index (χ0v) is 9.94. The van der Waals surface area contributed by atoms with Crippen molar-refractivity contribution < 1.29 is 5.11 Å². The van der Waals surface area contributed by atoms with Gasteiger partial charge in [0, 0.05) is 12.7 Å². The van der Waals surface area contributed by atoms with Crippen molar-refractivity contribution in [2.75, 3.05) is 0 Å². The van der Waals surface area contributed by atoms with Gasteiger partial charge in [-0.15, -0.1) is 0 Å². The lowest BCUT2D eigenvalue weighted by atomic mass is 9.78. The number of rotatable bonds is 3. The summed E-state index contributed by atoms with van der Waals surface area (Å²) in [4.78, 5) is 11.9. The van der Waals surface area contributed by atoms with Gasteiger partial charge in [0.25, 0.3) is 5.56 Å². The lowest BCUT2D eigenvalue weighted by Crippen LogP contribution is -2.38. The Balaban J connectivity index is 2.17. The van der Waals surface area contributed by atoms with Gasteiger partial charge in [-0.05, 0) is 44.2 Å². The molecule has 0 bridgehead atoms. The van der Waals surface area contributed by atoms with Crippen LogP contribution in [0.1, 0.15) is 36.8 Å². The van der Waals surface area contributed by atoms with Crippen LogP contribution in [0.5, 0.6) is 0 Å². The van der Waals surface area contributed by atoms with E-state index in [1.165, 1.54) is 4.57 Å². The van der Waals surface area contributed by atoms with E-state index in [0.717, 1.165) is 19.3 Å². The van der Waals surface area contributed by atoms with Gasteiger partial charge >= 0.3 is 0 Å². The van der Waals surface area contributed by atoms with Gasteiger partial charge in [-0.2, -0.15) is 5.26 Å². The summed E-state index contributed by atoms with van der Waals surface area (Å²) in [6.07, 6.45) is 4.97. The maximum atomic E-state index is 11.9. The SMILES string of the molecule is Cc1ccn(CCC2(O)CCC2)c(=O)c1C#N. The highest BCUT2D eigenvalue weighted by molar-refractivity contribution is 5.33. The summed E-state index contributed by atoms with van der Waals surface area (Å²) in [5, 5.41) is 18.9. The molecule has 4 heteroatoms. The Morgan fingerprint density at radius 2 is 2.29 bits per heavy atom. The Hall–Kier alpha value is -1.60. The molecule has 0 aliphatic heterocycles.